The van der Waals surface area contributed by atoms with Crippen molar-refractivity contribution in [3.8, 4) is 0 Å². The summed E-state index contributed by atoms with van der Waals surface area (Å²) in [6, 6.07) is 15.9. The average molecular weight is 353 g/mol. The minimum Gasteiger partial charge on any atom is -0.445 e. The molecule has 0 radical (unpaired) electrons. The van der Waals surface area contributed by atoms with Gasteiger partial charge < -0.3 is 15.0 Å². The lowest BCUT2D eigenvalue weighted by Crippen LogP contribution is -2.47. The van der Waals surface area contributed by atoms with Crippen molar-refractivity contribution in [3.63, 3.8) is 0 Å². The Morgan fingerprint density at radius 3 is 2.58 bits per heavy atom. The molecule has 2 amide bonds. The Labute approximate surface area is 149 Å². The first-order chi connectivity index (χ1) is 12.7. The van der Waals surface area contributed by atoms with Crippen LogP contribution >= 0.6 is 0 Å². The summed E-state index contributed by atoms with van der Waals surface area (Å²) in [5.74, 6) is -0.716. The van der Waals surface area contributed by atoms with E-state index in [4.69, 9.17) is 9.94 Å². The summed E-state index contributed by atoms with van der Waals surface area (Å²) in [4.78, 5) is 27.1. The van der Waals surface area contributed by atoms with Crippen molar-refractivity contribution in [1.29, 1.82) is 0 Å². The molecule has 1 unspecified atom stereocenters. The van der Waals surface area contributed by atoms with E-state index in [9.17, 15) is 9.59 Å². The molecular formula is C19H19N3O4. The molecule has 1 heterocycles. The van der Waals surface area contributed by atoms with E-state index in [-0.39, 0.29) is 13.0 Å². The topological polar surface area (TPSA) is 103 Å². The quantitative estimate of drug-likeness (QED) is 0.404. The molecule has 0 bridgehead atoms. The van der Waals surface area contributed by atoms with Crippen LogP contribution in [0.25, 0.3) is 10.9 Å². The summed E-state index contributed by atoms with van der Waals surface area (Å²) < 4.78 is 5.14. The number of amides is 2. The molecule has 2 aromatic carbocycles. The Bertz CT molecular complexity index is 892. The summed E-state index contributed by atoms with van der Waals surface area (Å²) in [7, 11) is 0. The first-order valence-corrected chi connectivity index (χ1v) is 8.13. The number of carbonyl (C=O) groups excluding carboxylic acids is 2. The number of hydroxylamine groups is 1. The fraction of sp³-hybridized carbons (Fsp3) is 0.158. The van der Waals surface area contributed by atoms with E-state index in [0.29, 0.717) is 0 Å². The number of H-pyrrole nitrogens is 1. The molecule has 1 aromatic heterocycles. The molecule has 0 spiro atoms. The van der Waals surface area contributed by atoms with Gasteiger partial charge in [-0.3, -0.25) is 10.0 Å². The molecule has 0 aliphatic carbocycles. The van der Waals surface area contributed by atoms with Crippen molar-refractivity contribution in [1.82, 2.24) is 15.8 Å². The molecule has 0 aliphatic rings. The second-order valence-electron chi connectivity index (χ2n) is 5.80. The zero-order chi connectivity index (χ0) is 18.4. The summed E-state index contributed by atoms with van der Waals surface area (Å²) in [6.07, 6.45) is 1.25. The lowest BCUT2D eigenvalue weighted by molar-refractivity contribution is -0.131. The Morgan fingerprint density at radius 1 is 1.08 bits per heavy atom. The van der Waals surface area contributed by atoms with Crippen LogP contribution in [0.4, 0.5) is 4.79 Å². The van der Waals surface area contributed by atoms with Crippen LogP contribution in [0.5, 0.6) is 0 Å². The molecule has 1 atom stereocenters. The number of hydrogen-bond acceptors (Lipinski definition) is 4. The van der Waals surface area contributed by atoms with Gasteiger partial charge in [-0.05, 0) is 17.2 Å². The molecule has 0 aliphatic heterocycles. The van der Waals surface area contributed by atoms with Gasteiger partial charge in [-0.25, -0.2) is 10.3 Å². The van der Waals surface area contributed by atoms with Gasteiger partial charge in [-0.1, -0.05) is 48.5 Å². The van der Waals surface area contributed by atoms with E-state index in [1.165, 1.54) is 0 Å². The number of aromatic amines is 1. The number of nitrogens with one attached hydrogen (secondary N) is 3. The van der Waals surface area contributed by atoms with Gasteiger partial charge >= 0.3 is 6.09 Å². The fourth-order valence-electron chi connectivity index (χ4n) is 2.71. The third-order valence-corrected chi connectivity index (χ3v) is 4.03. The van der Waals surface area contributed by atoms with Crippen LogP contribution in [0, 0.1) is 0 Å². The molecule has 3 rings (SSSR count). The van der Waals surface area contributed by atoms with Crippen molar-refractivity contribution in [3.05, 3.63) is 71.9 Å². The number of para-hydroxylation sites is 1. The Kier molecular flexibility index (Phi) is 5.50. The van der Waals surface area contributed by atoms with Gasteiger partial charge in [0.05, 0.1) is 0 Å². The molecule has 3 aromatic rings. The van der Waals surface area contributed by atoms with Crippen molar-refractivity contribution in [2.75, 3.05) is 0 Å². The van der Waals surface area contributed by atoms with E-state index >= 15 is 0 Å². The number of fused-ring (bicyclic) bond motifs is 1. The molecule has 26 heavy (non-hydrogen) atoms. The molecular weight excluding hydrogens is 334 g/mol. The first kappa shape index (κ1) is 17.5. The maximum atomic E-state index is 12.0. The number of ether oxygens (including phenoxy) is 1. The summed E-state index contributed by atoms with van der Waals surface area (Å²) >= 11 is 0. The van der Waals surface area contributed by atoms with Crippen molar-refractivity contribution in [2.24, 2.45) is 0 Å². The van der Waals surface area contributed by atoms with Crippen LogP contribution in [-0.4, -0.2) is 28.2 Å². The maximum Gasteiger partial charge on any atom is 0.408 e. The van der Waals surface area contributed by atoms with Crippen LogP contribution in [0.15, 0.2) is 60.8 Å². The lowest BCUT2D eigenvalue weighted by Gasteiger charge is -2.16. The number of hydrogen-bond donors (Lipinski definition) is 4. The van der Waals surface area contributed by atoms with E-state index in [2.05, 4.69) is 10.3 Å². The Balaban J connectivity index is 1.66. The predicted octanol–water partition coefficient (Wildman–Crippen LogP) is 2.51. The maximum absolute atomic E-state index is 12.0. The van der Waals surface area contributed by atoms with E-state index < -0.39 is 18.0 Å². The number of carbonyl (C=O) groups is 2. The highest BCUT2D eigenvalue weighted by molar-refractivity contribution is 5.87. The van der Waals surface area contributed by atoms with Crippen molar-refractivity contribution in [2.45, 2.75) is 19.1 Å². The van der Waals surface area contributed by atoms with Gasteiger partial charge in [0.15, 0.2) is 0 Å². The third-order valence-electron chi connectivity index (χ3n) is 4.03. The number of rotatable bonds is 6. The number of alkyl carbamates (subject to hydrolysis) is 1. The highest BCUT2D eigenvalue weighted by atomic mass is 16.5. The van der Waals surface area contributed by atoms with Crippen molar-refractivity contribution >= 4 is 22.9 Å². The zero-order valence-electron chi connectivity index (χ0n) is 13.9. The highest BCUT2D eigenvalue weighted by Gasteiger charge is 2.23. The Morgan fingerprint density at radius 2 is 1.81 bits per heavy atom. The second-order valence-corrected chi connectivity index (χ2v) is 5.80. The third kappa shape index (κ3) is 4.20. The summed E-state index contributed by atoms with van der Waals surface area (Å²) in [6.45, 7) is 0.0905. The summed E-state index contributed by atoms with van der Waals surface area (Å²) in [5.41, 5.74) is 4.19. The number of aromatic nitrogens is 1. The van der Waals surface area contributed by atoms with Gasteiger partial charge in [-0.2, -0.15) is 0 Å². The van der Waals surface area contributed by atoms with Crippen LogP contribution in [0.2, 0.25) is 0 Å². The molecule has 7 heteroatoms. The monoisotopic (exact) mass is 353 g/mol. The smallest absolute Gasteiger partial charge is 0.408 e. The molecule has 4 N–H and O–H groups in total. The van der Waals surface area contributed by atoms with Crippen molar-refractivity contribution < 1.29 is 19.5 Å². The Hall–Kier alpha value is -3.32. The first-order valence-electron chi connectivity index (χ1n) is 8.13. The van der Waals surface area contributed by atoms with Gasteiger partial charge in [0, 0.05) is 23.5 Å². The molecule has 134 valence electrons. The fourth-order valence-corrected chi connectivity index (χ4v) is 2.71. The van der Waals surface area contributed by atoms with Gasteiger partial charge in [-0.15, -0.1) is 0 Å². The molecule has 0 saturated heterocycles. The second kappa shape index (κ2) is 8.17. The van der Waals surface area contributed by atoms with E-state index in [0.717, 1.165) is 22.0 Å². The standard InChI is InChI=1S/C19H19N3O4/c23-18(22-25)17(10-14-11-20-16-9-5-4-8-15(14)16)21-19(24)26-12-13-6-2-1-3-7-13/h1-9,11,17,20,25H,10,12H2,(H,21,24)(H,22,23). The minimum absolute atomic E-state index is 0.0905. The van der Waals surface area contributed by atoms with E-state index in [1.807, 2.05) is 54.6 Å². The van der Waals surface area contributed by atoms with Crippen LogP contribution in [-0.2, 0) is 22.6 Å². The lowest BCUT2D eigenvalue weighted by atomic mass is 10.0. The van der Waals surface area contributed by atoms with Crippen LogP contribution in [0.3, 0.4) is 0 Å². The zero-order valence-corrected chi connectivity index (χ0v) is 13.9. The molecule has 0 saturated carbocycles. The minimum atomic E-state index is -0.970. The van der Waals surface area contributed by atoms with Crippen LogP contribution in [0.1, 0.15) is 11.1 Å². The van der Waals surface area contributed by atoms with Gasteiger partial charge in [0.1, 0.15) is 12.6 Å². The molecule has 0 fully saturated rings. The van der Waals surface area contributed by atoms with Crippen LogP contribution < -0.4 is 10.8 Å². The average Bonchev–Trinajstić information content (AvgIpc) is 3.09. The van der Waals surface area contributed by atoms with Gasteiger partial charge in [0.2, 0.25) is 0 Å². The predicted molar refractivity (Wildman–Crippen MR) is 95.5 cm³/mol. The summed E-state index contributed by atoms with van der Waals surface area (Å²) in [5, 5.41) is 12.4. The van der Waals surface area contributed by atoms with E-state index in [1.54, 1.807) is 11.7 Å². The largest absolute Gasteiger partial charge is 0.445 e. The highest BCUT2D eigenvalue weighted by Crippen LogP contribution is 2.19. The van der Waals surface area contributed by atoms with Gasteiger partial charge in [0.25, 0.3) is 5.91 Å². The molecule has 7 nitrogen and oxygen atoms in total. The number of benzene rings is 2. The SMILES string of the molecule is O=C(NC(Cc1c[nH]c2ccccc12)C(=O)NO)OCc1ccccc1. The normalized spacial score (nSPS) is 11.7.